The van der Waals surface area contributed by atoms with E-state index in [-0.39, 0.29) is 0 Å². The van der Waals surface area contributed by atoms with E-state index < -0.39 is 0 Å². The van der Waals surface area contributed by atoms with Gasteiger partial charge in [-0.05, 0) is 54.3 Å². The molecule has 0 aliphatic carbocycles. The first-order valence-corrected chi connectivity index (χ1v) is 8.74. The molecule has 1 aliphatic heterocycles. The van der Waals surface area contributed by atoms with E-state index in [1.807, 2.05) is 18.2 Å². The Kier molecular flexibility index (Phi) is 5.32. The molecule has 1 fully saturated rings. The van der Waals surface area contributed by atoms with Gasteiger partial charge in [0.1, 0.15) is 0 Å². The zero-order valence-electron chi connectivity index (χ0n) is 13.0. The number of nitrogens with zero attached hydrogens (tertiary/aromatic N) is 2. The van der Waals surface area contributed by atoms with Crippen molar-refractivity contribution in [2.24, 2.45) is 5.92 Å². The van der Waals surface area contributed by atoms with Gasteiger partial charge in [0.05, 0.1) is 11.6 Å². The zero-order valence-corrected chi connectivity index (χ0v) is 14.6. The van der Waals surface area contributed by atoms with Crippen molar-refractivity contribution in [3.05, 3.63) is 64.1 Å². The van der Waals surface area contributed by atoms with Crippen molar-refractivity contribution in [2.75, 3.05) is 24.5 Å². The second kappa shape index (κ2) is 7.63. The molecule has 0 spiro atoms. The summed E-state index contributed by atoms with van der Waals surface area (Å²) in [5.41, 5.74) is 3.20. The molecular weight excluding hydrogens is 350 g/mol. The lowest BCUT2D eigenvalue weighted by Gasteiger charge is -2.19. The first kappa shape index (κ1) is 16.0. The smallest absolute Gasteiger partial charge is 0.0991 e. The van der Waals surface area contributed by atoms with E-state index in [9.17, 15) is 0 Å². The number of hydrogen-bond donors (Lipinski definition) is 1. The van der Waals surface area contributed by atoms with Crippen LogP contribution >= 0.6 is 15.9 Å². The van der Waals surface area contributed by atoms with E-state index in [1.165, 1.54) is 17.7 Å². The van der Waals surface area contributed by atoms with Crippen molar-refractivity contribution in [1.29, 1.82) is 5.26 Å². The zero-order chi connectivity index (χ0) is 16.1. The highest BCUT2D eigenvalue weighted by Crippen LogP contribution is 2.25. The summed E-state index contributed by atoms with van der Waals surface area (Å²) in [6.07, 6.45) is 1.22. The van der Waals surface area contributed by atoms with Crippen LogP contribution in [0.25, 0.3) is 0 Å². The van der Waals surface area contributed by atoms with E-state index in [4.69, 9.17) is 5.26 Å². The fraction of sp³-hybridized carbons (Fsp3) is 0.316. The third-order valence-corrected chi connectivity index (χ3v) is 4.82. The molecule has 1 aliphatic rings. The fourth-order valence-electron chi connectivity index (χ4n) is 3.06. The van der Waals surface area contributed by atoms with E-state index in [2.05, 4.69) is 62.5 Å². The largest absolute Gasteiger partial charge is 0.371 e. The summed E-state index contributed by atoms with van der Waals surface area (Å²) in [4.78, 5) is 2.45. The number of halogens is 1. The van der Waals surface area contributed by atoms with Gasteiger partial charge in [-0.15, -0.1) is 0 Å². The molecular formula is C19H20BrN3. The summed E-state index contributed by atoms with van der Waals surface area (Å²) in [5, 5.41) is 12.5. The highest BCUT2D eigenvalue weighted by molar-refractivity contribution is 9.10. The van der Waals surface area contributed by atoms with Gasteiger partial charge >= 0.3 is 0 Å². The van der Waals surface area contributed by atoms with E-state index in [0.29, 0.717) is 5.92 Å². The van der Waals surface area contributed by atoms with Crippen molar-refractivity contribution in [1.82, 2.24) is 5.32 Å². The third kappa shape index (κ3) is 4.34. The highest BCUT2D eigenvalue weighted by atomic mass is 79.9. The van der Waals surface area contributed by atoms with Crippen LogP contribution in [-0.4, -0.2) is 19.6 Å². The number of hydrogen-bond acceptors (Lipinski definition) is 3. The molecule has 1 heterocycles. The Morgan fingerprint density at radius 3 is 2.83 bits per heavy atom. The second-order valence-corrected chi connectivity index (χ2v) is 6.94. The molecule has 2 aromatic carbocycles. The molecule has 1 unspecified atom stereocenters. The lowest BCUT2D eigenvalue weighted by Crippen LogP contribution is -2.26. The van der Waals surface area contributed by atoms with Gasteiger partial charge in [0.25, 0.3) is 0 Å². The molecule has 3 rings (SSSR count). The van der Waals surface area contributed by atoms with Crippen LogP contribution in [0.4, 0.5) is 5.69 Å². The van der Waals surface area contributed by atoms with Crippen LogP contribution in [0.2, 0.25) is 0 Å². The fourth-order valence-corrected chi connectivity index (χ4v) is 3.32. The maximum absolute atomic E-state index is 8.94. The number of rotatable bonds is 5. The average Bonchev–Trinajstić information content (AvgIpc) is 3.04. The minimum absolute atomic E-state index is 0.679. The lowest BCUT2D eigenvalue weighted by molar-refractivity contribution is 0.516. The molecule has 4 heteroatoms. The molecule has 23 heavy (non-hydrogen) atoms. The van der Waals surface area contributed by atoms with E-state index >= 15 is 0 Å². The Morgan fingerprint density at radius 1 is 1.22 bits per heavy atom. The van der Waals surface area contributed by atoms with Crippen LogP contribution in [0.3, 0.4) is 0 Å². The number of anilines is 1. The van der Waals surface area contributed by atoms with Gasteiger partial charge in [-0.2, -0.15) is 5.26 Å². The van der Waals surface area contributed by atoms with Gasteiger partial charge in [0, 0.05) is 36.3 Å². The SMILES string of the molecule is N#Cc1cccc(CNCC2CCN(c3ccc(Br)cc3)C2)c1. The van der Waals surface area contributed by atoms with Crippen LogP contribution in [0.1, 0.15) is 17.5 Å². The summed E-state index contributed by atoms with van der Waals surface area (Å²) in [6, 6.07) is 18.5. The topological polar surface area (TPSA) is 39.1 Å². The van der Waals surface area contributed by atoms with Crippen LogP contribution in [0.5, 0.6) is 0 Å². The molecule has 0 saturated carbocycles. The van der Waals surface area contributed by atoms with Crippen LogP contribution in [0, 0.1) is 17.2 Å². The Bertz CT molecular complexity index is 691. The third-order valence-electron chi connectivity index (χ3n) is 4.30. The first-order valence-electron chi connectivity index (χ1n) is 7.95. The van der Waals surface area contributed by atoms with Crippen LogP contribution in [0.15, 0.2) is 53.0 Å². The maximum atomic E-state index is 8.94. The van der Waals surface area contributed by atoms with Crippen molar-refractivity contribution in [2.45, 2.75) is 13.0 Å². The van der Waals surface area contributed by atoms with Gasteiger partial charge in [-0.25, -0.2) is 0 Å². The Morgan fingerprint density at radius 2 is 2.04 bits per heavy atom. The summed E-state index contributed by atoms with van der Waals surface area (Å²) in [6.45, 7) is 4.07. The minimum atomic E-state index is 0.679. The predicted molar refractivity (Wildman–Crippen MR) is 97.3 cm³/mol. The normalized spacial score (nSPS) is 17.2. The Balaban J connectivity index is 1.47. The van der Waals surface area contributed by atoms with Crippen molar-refractivity contribution in [3.8, 4) is 6.07 Å². The summed E-state index contributed by atoms with van der Waals surface area (Å²) < 4.78 is 1.12. The summed E-state index contributed by atoms with van der Waals surface area (Å²) in [7, 11) is 0. The monoisotopic (exact) mass is 369 g/mol. The molecule has 2 aromatic rings. The summed E-state index contributed by atoms with van der Waals surface area (Å²) in [5.74, 6) is 0.679. The molecule has 0 aromatic heterocycles. The lowest BCUT2D eigenvalue weighted by atomic mass is 10.1. The number of nitrogens with one attached hydrogen (secondary N) is 1. The molecule has 0 amide bonds. The van der Waals surface area contributed by atoms with E-state index in [1.54, 1.807) is 0 Å². The van der Waals surface area contributed by atoms with Crippen molar-refractivity contribution >= 4 is 21.6 Å². The van der Waals surface area contributed by atoms with Crippen molar-refractivity contribution in [3.63, 3.8) is 0 Å². The molecule has 0 radical (unpaired) electrons. The molecule has 1 N–H and O–H groups in total. The average molecular weight is 370 g/mol. The molecule has 3 nitrogen and oxygen atoms in total. The van der Waals surface area contributed by atoms with Crippen LogP contribution < -0.4 is 10.2 Å². The minimum Gasteiger partial charge on any atom is -0.371 e. The van der Waals surface area contributed by atoms with Crippen molar-refractivity contribution < 1.29 is 0 Å². The molecule has 0 bridgehead atoms. The highest BCUT2D eigenvalue weighted by Gasteiger charge is 2.22. The van der Waals surface area contributed by atoms with Gasteiger partial charge < -0.3 is 10.2 Å². The van der Waals surface area contributed by atoms with Gasteiger partial charge in [0.15, 0.2) is 0 Å². The number of benzene rings is 2. The molecule has 1 atom stereocenters. The first-order chi connectivity index (χ1) is 11.2. The Labute approximate surface area is 146 Å². The second-order valence-electron chi connectivity index (χ2n) is 6.02. The summed E-state index contributed by atoms with van der Waals surface area (Å²) >= 11 is 3.48. The van der Waals surface area contributed by atoms with Crippen LogP contribution in [-0.2, 0) is 6.54 Å². The van der Waals surface area contributed by atoms with Gasteiger partial charge in [-0.1, -0.05) is 28.1 Å². The standard InChI is InChI=1S/C19H20BrN3/c20-18-4-6-19(7-5-18)23-9-8-17(14-23)13-22-12-16-3-1-2-15(10-16)11-21/h1-7,10,17,22H,8-9,12-14H2. The molecule has 1 saturated heterocycles. The number of nitriles is 1. The predicted octanol–water partition coefficient (Wildman–Crippen LogP) is 3.94. The Hall–Kier alpha value is -1.83. The quantitative estimate of drug-likeness (QED) is 0.867. The van der Waals surface area contributed by atoms with E-state index in [0.717, 1.165) is 36.2 Å². The molecule has 118 valence electrons. The maximum Gasteiger partial charge on any atom is 0.0991 e. The van der Waals surface area contributed by atoms with Gasteiger partial charge in [-0.3, -0.25) is 0 Å². The van der Waals surface area contributed by atoms with Gasteiger partial charge in [0.2, 0.25) is 0 Å².